The van der Waals surface area contributed by atoms with Gasteiger partial charge >= 0.3 is 0 Å². The Morgan fingerprint density at radius 3 is 2.94 bits per heavy atom. The smallest absolute Gasteiger partial charge is 0.264 e. The first-order valence-corrected chi connectivity index (χ1v) is 7.84. The quantitative estimate of drug-likeness (QED) is 0.592. The molecule has 0 saturated heterocycles. The van der Waals surface area contributed by atoms with Crippen LogP contribution in [-0.2, 0) is 6.42 Å². The number of hydrogen-bond acceptors (Lipinski definition) is 4. The van der Waals surface area contributed by atoms with Crippen LogP contribution >= 0.6 is 27.5 Å². The van der Waals surface area contributed by atoms with Crippen LogP contribution in [0.3, 0.4) is 0 Å². The molecular formula is C11H18BrN3OS. The predicted octanol–water partition coefficient (Wildman–Crippen LogP) is 2.79. The van der Waals surface area contributed by atoms with Gasteiger partial charge in [-0.3, -0.25) is 4.79 Å². The van der Waals surface area contributed by atoms with E-state index in [0.717, 1.165) is 49.7 Å². The summed E-state index contributed by atoms with van der Waals surface area (Å²) in [6, 6.07) is 0. The summed E-state index contributed by atoms with van der Waals surface area (Å²) in [6.45, 7) is 2.80. The molecule has 0 radical (unpaired) electrons. The molecule has 6 heteroatoms. The SMILES string of the molecule is CCCc1nnsc1C(=O)NCCCCCBr. The molecule has 0 bridgehead atoms. The number of halogens is 1. The zero-order valence-electron chi connectivity index (χ0n) is 10.0. The highest BCUT2D eigenvalue weighted by Crippen LogP contribution is 2.12. The average molecular weight is 320 g/mol. The summed E-state index contributed by atoms with van der Waals surface area (Å²) in [6.07, 6.45) is 5.11. The molecule has 4 nitrogen and oxygen atoms in total. The molecule has 1 heterocycles. The van der Waals surface area contributed by atoms with Gasteiger partial charge < -0.3 is 5.32 Å². The van der Waals surface area contributed by atoms with E-state index in [4.69, 9.17) is 0 Å². The third kappa shape index (κ3) is 5.12. The zero-order valence-corrected chi connectivity index (χ0v) is 12.4. The number of aryl methyl sites for hydroxylation is 1. The van der Waals surface area contributed by atoms with E-state index >= 15 is 0 Å². The van der Waals surface area contributed by atoms with Gasteiger partial charge in [-0.05, 0) is 30.8 Å². The maximum absolute atomic E-state index is 11.8. The van der Waals surface area contributed by atoms with E-state index in [-0.39, 0.29) is 5.91 Å². The van der Waals surface area contributed by atoms with Crippen molar-refractivity contribution in [1.82, 2.24) is 14.9 Å². The second kappa shape index (κ2) is 8.58. The van der Waals surface area contributed by atoms with Crippen LogP contribution in [0.5, 0.6) is 0 Å². The first kappa shape index (κ1) is 14.6. The lowest BCUT2D eigenvalue weighted by molar-refractivity contribution is 0.0956. The molecule has 0 aliphatic rings. The molecule has 1 aromatic rings. The fourth-order valence-electron chi connectivity index (χ4n) is 1.46. The van der Waals surface area contributed by atoms with Crippen molar-refractivity contribution in [1.29, 1.82) is 0 Å². The molecule has 96 valence electrons. The highest BCUT2D eigenvalue weighted by Gasteiger charge is 2.14. The summed E-state index contributed by atoms with van der Waals surface area (Å²) in [5.41, 5.74) is 0.829. The lowest BCUT2D eigenvalue weighted by atomic mass is 10.2. The Balaban J connectivity index is 2.33. The Kier molecular flexibility index (Phi) is 7.35. The summed E-state index contributed by atoms with van der Waals surface area (Å²) in [4.78, 5) is 12.5. The minimum absolute atomic E-state index is 0.0257. The van der Waals surface area contributed by atoms with Gasteiger partial charge in [-0.2, -0.15) is 0 Å². The molecule has 0 fully saturated rings. The van der Waals surface area contributed by atoms with Crippen molar-refractivity contribution in [3.05, 3.63) is 10.6 Å². The van der Waals surface area contributed by atoms with Crippen molar-refractivity contribution in [3.8, 4) is 0 Å². The third-order valence-electron chi connectivity index (χ3n) is 2.34. The Bertz CT molecular complexity index is 343. The van der Waals surface area contributed by atoms with Gasteiger partial charge in [0.05, 0.1) is 5.69 Å². The van der Waals surface area contributed by atoms with Gasteiger partial charge in [0.1, 0.15) is 4.88 Å². The molecule has 0 spiro atoms. The fourth-order valence-corrected chi connectivity index (χ4v) is 2.48. The monoisotopic (exact) mass is 319 g/mol. The fraction of sp³-hybridized carbons (Fsp3) is 0.727. The standard InChI is InChI=1S/C11H18BrN3OS/c1-2-6-9-10(17-15-14-9)11(16)13-8-5-3-4-7-12/h2-8H2,1H3,(H,13,16). The second-order valence-electron chi connectivity index (χ2n) is 3.80. The Morgan fingerprint density at radius 1 is 1.41 bits per heavy atom. The van der Waals surface area contributed by atoms with Gasteiger partial charge in [0, 0.05) is 11.9 Å². The van der Waals surface area contributed by atoms with Crippen molar-refractivity contribution in [2.75, 3.05) is 11.9 Å². The van der Waals surface area contributed by atoms with Crippen molar-refractivity contribution in [2.24, 2.45) is 0 Å². The topological polar surface area (TPSA) is 54.9 Å². The van der Waals surface area contributed by atoms with Crippen LogP contribution in [0.25, 0.3) is 0 Å². The Labute approximate surface area is 114 Å². The van der Waals surface area contributed by atoms with Crippen LogP contribution < -0.4 is 5.32 Å². The molecule has 1 N–H and O–H groups in total. The molecule has 1 aromatic heterocycles. The van der Waals surface area contributed by atoms with E-state index in [2.05, 4.69) is 37.8 Å². The number of alkyl halides is 1. The Morgan fingerprint density at radius 2 is 2.24 bits per heavy atom. The van der Waals surface area contributed by atoms with Gasteiger partial charge in [0.2, 0.25) is 0 Å². The van der Waals surface area contributed by atoms with Crippen LogP contribution in [0.15, 0.2) is 0 Å². The molecule has 0 aromatic carbocycles. The molecule has 1 amide bonds. The van der Waals surface area contributed by atoms with Gasteiger partial charge in [0.25, 0.3) is 5.91 Å². The summed E-state index contributed by atoms with van der Waals surface area (Å²) in [5, 5.41) is 7.93. The zero-order chi connectivity index (χ0) is 12.5. The number of aromatic nitrogens is 2. The van der Waals surface area contributed by atoms with E-state index in [1.807, 2.05) is 0 Å². The number of nitrogens with one attached hydrogen (secondary N) is 1. The number of hydrogen-bond donors (Lipinski definition) is 1. The maximum Gasteiger partial charge on any atom is 0.264 e. The lowest BCUT2D eigenvalue weighted by Crippen LogP contribution is -2.24. The van der Waals surface area contributed by atoms with E-state index in [1.165, 1.54) is 11.5 Å². The molecular weight excluding hydrogens is 302 g/mol. The molecule has 1 rings (SSSR count). The second-order valence-corrected chi connectivity index (χ2v) is 5.35. The van der Waals surface area contributed by atoms with Gasteiger partial charge in [-0.25, -0.2) is 0 Å². The van der Waals surface area contributed by atoms with Crippen molar-refractivity contribution >= 4 is 33.4 Å². The Hall–Kier alpha value is -0.490. The van der Waals surface area contributed by atoms with Crippen LogP contribution in [0, 0.1) is 0 Å². The molecule has 0 atom stereocenters. The number of carbonyl (C=O) groups excluding carboxylic acids is 1. The van der Waals surface area contributed by atoms with E-state index < -0.39 is 0 Å². The van der Waals surface area contributed by atoms with Gasteiger partial charge in [-0.1, -0.05) is 40.2 Å². The summed E-state index contributed by atoms with van der Waals surface area (Å²) < 4.78 is 3.84. The van der Waals surface area contributed by atoms with Crippen molar-refractivity contribution < 1.29 is 4.79 Å². The molecule has 0 aliphatic heterocycles. The molecule has 0 saturated carbocycles. The third-order valence-corrected chi connectivity index (χ3v) is 3.67. The summed E-state index contributed by atoms with van der Waals surface area (Å²) in [5.74, 6) is -0.0257. The predicted molar refractivity (Wildman–Crippen MR) is 73.9 cm³/mol. The minimum Gasteiger partial charge on any atom is -0.351 e. The largest absolute Gasteiger partial charge is 0.351 e. The number of unbranched alkanes of at least 4 members (excludes halogenated alkanes) is 2. The van der Waals surface area contributed by atoms with Crippen LogP contribution in [0.4, 0.5) is 0 Å². The summed E-state index contributed by atoms with van der Waals surface area (Å²) in [7, 11) is 0. The highest BCUT2D eigenvalue weighted by molar-refractivity contribution is 9.09. The normalized spacial score (nSPS) is 10.5. The maximum atomic E-state index is 11.8. The first-order chi connectivity index (χ1) is 8.29. The van der Waals surface area contributed by atoms with Gasteiger partial charge in [0.15, 0.2) is 0 Å². The summed E-state index contributed by atoms with van der Waals surface area (Å²) >= 11 is 4.57. The highest BCUT2D eigenvalue weighted by atomic mass is 79.9. The van der Waals surface area contributed by atoms with Crippen molar-refractivity contribution in [3.63, 3.8) is 0 Å². The molecule has 17 heavy (non-hydrogen) atoms. The van der Waals surface area contributed by atoms with Gasteiger partial charge in [-0.15, -0.1) is 5.10 Å². The minimum atomic E-state index is -0.0257. The average Bonchev–Trinajstić information content (AvgIpc) is 2.77. The van der Waals surface area contributed by atoms with Crippen LogP contribution in [0.1, 0.15) is 48.0 Å². The lowest BCUT2D eigenvalue weighted by Gasteiger charge is -2.03. The number of carbonyl (C=O) groups is 1. The number of nitrogens with zero attached hydrogens (tertiary/aromatic N) is 2. The van der Waals surface area contributed by atoms with Crippen LogP contribution in [0.2, 0.25) is 0 Å². The van der Waals surface area contributed by atoms with Crippen LogP contribution in [-0.4, -0.2) is 27.4 Å². The number of rotatable bonds is 8. The first-order valence-electron chi connectivity index (χ1n) is 5.95. The molecule has 0 aliphatic carbocycles. The van der Waals surface area contributed by atoms with E-state index in [1.54, 1.807) is 0 Å². The van der Waals surface area contributed by atoms with E-state index in [0.29, 0.717) is 4.88 Å². The van der Waals surface area contributed by atoms with E-state index in [9.17, 15) is 4.79 Å². The number of amides is 1. The van der Waals surface area contributed by atoms with Crippen molar-refractivity contribution in [2.45, 2.75) is 39.0 Å². The molecule has 0 unspecified atom stereocenters.